The standard InChI is InChI=1S/C25H25N5O3/c1-13-8-18(14(2)27-20-7-5-4-6-17(20)24(32)33)22-21(19(13)10-26)23(31)29(3)25(28-22)30-11-15-9-16(15)12-30/h4-8,14-16,27H,9,11-12H2,1-3H3,(H,32,33). The first-order chi connectivity index (χ1) is 15.8. The van der Waals surface area contributed by atoms with E-state index >= 15 is 0 Å². The number of nitrogens with one attached hydrogen (secondary N) is 1. The van der Waals surface area contributed by atoms with Crippen molar-refractivity contribution in [1.82, 2.24) is 9.55 Å². The fourth-order valence-corrected chi connectivity index (χ4v) is 5.02. The van der Waals surface area contributed by atoms with E-state index in [1.54, 1.807) is 42.8 Å². The number of hydrogen-bond donors (Lipinski definition) is 2. The number of anilines is 2. The summed E-state index contributed by atoms with van der Waals surface area (Å²) in [5, 5.41) is 22.9. The van der Waals surface area contributed by atoms with E-state index in [1.165, 1.54) is 6.42 Å². The molecule has 1 aromatic heterocycles. The van der Waals surface area contributed by atoms with Gasteiger partial charge in [-0.2, -0.15) is 5.26 Å². The predicted molar refractivity (Wildman–Crippen MR) is 126 cm³/mol. The Hall–Kier alpha value is -3.86. The zero-order chi connectivity index (χ0) is 23.4. The maximum atomic E-state index is 13.5. The van der Waals surface area contributed by atoms with Crippen LogP contribution in [0.3, 0.4) is 0 Å². The lowest BCUT2D eigenvalue weighted by atomic mass is 9.96. The van der Waals surface area contributed by atoms with E-state index in [0.717, 1.165) is 18.7 Å². The topological polar surface area (TPSA) is 111 Å². The lowest BCUT2D eigenvalue weighted by Crippen LogP contribution is -2.32. The Morgan fingerprint density at radius 1 is 1.30 bits per heavy atom. The van der Waals surface area contributed by atoms with E-state index in [-0.39, 0.29) is 17.2 Å². The molecule has 0 amide bonds. The SMILES string of the molecule is Cc1cc(C(C)Nc2ccccc2C(=O)O)c2nc(N3CC4CC4C3)n(C)c(=O)c2c1C#N. The highest BCUT2D eigenvalue weighted by Gasteiger charge is 2.46. The first kappa shape index (κ1) is 21.0. The maximum Gasteiger partial charge on any atom is 0.337 e. The van der Waals surface area contributed by atoms with Gasteiger partial charge in [-0.15, -0.1) is 0 Å². The van der Waals surface area contributed by atoms with Gasteiger partial charge >= 0.3 is 5.97 Å². The molecule has 3 aromatic rings. The average Bonchev–Trinajstić information content (AvgIpc) is 3.40. The molecule has 8 heteroatoms. The van der Waals surface area contributed by atoms with Gasteiger partial charge in [0.2, 0.25) is 5.95 Å². The molecule has 2 N–H and O–H groups in total. The quantitative estimate of drug-likeness (QED) is 0.621. The van der Waals surface area contributed by atoms with Gasteiger partial charge in [-0.1, -0.05) is 18.2 Å². The zero-order valence-corrected chi connectivity index (χ0v) is 18.8. The van der Waals surface area contributed by atoms with Gasteiger partial charge in [0.05, 0.1) is 28.1 Å². The van der Waals surface area contributed by atoms with Crippen LogP contribution in [0.5, 0.6) is 0 Å². The molecule has 1 saturated carbocycles. The first-order valence-corrected chi connectivity index (χ1v) is 11.1. The summed E-state index contributed by atoms with van der Waals surface area (Å²) in [4.78, 5) is 32.2. The number of rotatable bonds is 5. The highest BCUT2D eigenvalue weighted by atomic mass is 16.4. The number of aromatic carboxylic acids is 1. The maximum absolute atomic E-state index is 13.5. The van der Waals surface area contributed by atoms with E-state index in [2.05, 4.69) is 16.3 Å². The Balaban J connectivity index is 1.67. The number of para-hydroxylation sites is 1. The summed E-state index contributed by atoms with van der Waals surface area (Å²) < 4.78 is 1.55. The molecular formula is C25H25N5O3. The molecule has 0 radical (unpaired) electrons. The van der Waals surface area contributed by atoms with Crippen LogP contribution in [0.25, 0.3) is 10.9 Å². The van der Waals surface area contributed by atoms with Crippen molar-refractivity contribution in [2.75, 3.05) is 23.3 Å². The van der Waals surface area contributed by atoms with Crippen molar-refractivity contribution < 1.29 is 9.90 Å². The van der Waals surface area contributed by atoms with Crippen LogP contribution in [0, 0.1) is 30.1 Å². The van der Waals surface area contributed by atoms with Crippen LogP contribution < -0.4 is 15.8 Å². The van der Waals surface area contributed by atoms with Gasteiger partial charge in [-0.25, -0.2) is 9.78 Å². The number of nitrogens with zero attached hydrogens (tertiary/aromatic N) is 4. The molecule has 5 rings (SSSR count). The number of carboxylic acids is 1. The highest BCUT2D eigenvalue weighted by Crippen LogP contribution is 2.46. The normalized spacial score (nSPS) is 19.8. The molecule has 1 saturated heterocycles. The molecule has 8 nitrogen and oxygen atoms in total. The molecule has 2 aliphatic rings. The number of hydrogen-bond acceptors (Lipinski definition) is 6. The van der Waals surface area contributed by atoms with Crippen molar-refractivity contribution >= 4 is 28.5 Å². The van der Waals surface area contributed by atoms with E-state index in [0.29, 0.717) is 45.5 Å². The summed E-state index contributed by atoms with van der Waals surface area (Å²) in [6.07, 6.45) is 1.24. The molecule has 3 atom stereocenters. The van der Waals surface area contributed by atoms with Crippen molar-refractivity contribution in [3.8, 4) is 6.07 Å². The summed E-state index contributed by atoms with van der Waals surface area (Å²) in [6.45, 7) is 5.49. The highest BCUT2D eigenvalue weighted by molar-refractivity contribution is 5.94. The number of carboxylic acid groups (broad SMARTS) is 1. The molecule has 168 valence electrons. The minimum atomic E-state index is -1.02. The smallest absolute Gasteiger partial charge is 0.337 e. The molecule has 0 spiro atoms. The Bertz CT molecular complexity index is 1390. The summed E-state index contributed by atoms with van der Waals surface area (Å²) in [6, 6.07) is 10.4. The molecule has 2 fully saturated rings. The van der Waals surface area contributed by atoms with Gasteiger partial charge in [0.15, 0.2) is 0 Å². The summed E-state index contributed by atoms with van der Waals surface area (Å²) in [5.74, 6) is 0.954. The van der Waals surface area contributed by atoms with Crippen molar-refractivity contribution in [1.29, 1.82) is 5.26 Å². The minimum absolute atomic E-state index is 0.167. The molecule has 33 heavy (non-hydrogen) atoms. The number of fused-ring (bicyclic) bond motifs is 2. The Morgan fingerprint density at radius 2 is 2.00 bits per heavy atom. The number of benzene rings is 2. The van der Waals surface area contributed by atoms with Crippen LogP contribution in [0.4, 0.5) is 11.6 Å². The molecular weight excluding hydrogens is 418 g/mol. The predicted octanol–water partition coefficient (Wildman–Crippen LogP) is 3.44. The van der Waals surface area contributed by atoms with E-state index in [1.807, 2.05) is 13.0 Å². The fourth-order valence-electron chi connectivity index (χ4n) is 5.02. The number of nitriles is 1. The summed E-state index contributed by atoms with van der Waals surface area (Å²) in [5.41, 5.74) is 2.67. The third kappa shape index (κ3) is 3.41. The van der Waals surface area contributed by atoms with Gasteiger partial charge in [0.1, 0.15) is 6.07 Å². The van der Waals surface area contributed by atoms with Crippen molar-refractivity contribution in [2.45, 2.75) is 26.3 Å². The summed E-state index contributed by atoms with van der Waals surface area (Å²) >= 11 is 0. The van der Waals surface area contributed by atoms with Gasteiger partial charge in [0, 0.05) is 31.4 Å². The van der Waals surface area contributed by atoms with Crippen LogP contribution in [0.1, 0.15) is 46.4 Å². The van der Waals surface area contributed by atoms with Gasteiger partial charge < -0.3 is 15.3 Å². The van der Waals surface area contributed by atoms with E-state index < -0.39 is 5.97 Å². The number of piperidine rings is 1. The van der Waals surface area contributed by atoms with E-state index in [4.69, 9.17) is 4.98 Å². The Kier molecular flexibility index (Phi) is 4.85. The van der Waals surface area contributed by atoms with Crippen LogP contribution in [0.15, 0.2) is 35.1 Å². The van der Waals surface area contributed by atoms with Crippen LogP contribution in [-0.4, -0.2) is 33.7 Å². The fraction of sp³-hybridized carbons (Fsp3) is 0.360. The number of aryl methyl sites for hydroxylation is 1. The van der Waals surface area contributed by atoms with Gasteiger partial charge in [-0.3, -0.25) is 9.36 Å². The van der Waals surface area contributed by atoms with Crippen molar-refractivity contribution in [2.24, 2.45) is 18.9 Å². The lowest BCUT2D eigenvalue weighted by molar-refractivity contribution is 0.0698. The second-order valence-corrected chi connectivity index (χ2v) is 9.15. The molecule has 3 unspecified atom stereocenters. The third-order valence-electron chi connectivity index (χ3n) is 6.93. The molecule has 0 bridgehead atoms. The number of carbonyl (C=O) groups is 1. The zero-order valence-electron chi connectivity index (χ0n) is 18.8. The molecule has 2 heterocycles. The van der Waals surface area contributed by atoms with Crippen LogP contribution in [-0.2, 0) is 7.05 Å². The Labute approximate surface area is 191 Å². The lowest BCUT2D eigenvalue weighted by Gasteiger charge is -2.24. The summed E-state index contributed by atoms with van der Waals surface area (Å²) in [7, 11) is 1.71. The second kappa shape index (κ2) is 7.62. The molecule has 2 aromatic carbocycles. The number of aromatic nitrogens is 2. The molecule has 1 aliphatic heterocycles. The van der Waals surface area contributed by atoms with Crippen molar-refractivity contribution in [3.63, 3.8) is 0 Å². The average molecular weight is 444 g/mol. The minimum Gasteiger partial charge on any atom is -0.478 e. The van der Waals surface area contributed by atoms with E-state index in [9.17, 15) is 20.0 Å². The van der Waals surface area contributed by atoms with Crippen LogP contribution in [0.2, 0.25) is 0 Å². The second-order valence-electron chi connectivity index (χ2n) is 9.15. The first-order valence-electron chi connectivity index (χ1n) is 11.1. The monoisotopic (exact) mass is 443 g/mol. The van der Waals surface area contributed by atoms with Crippen LogP contribution >= 0.6 is 0 Å². The van der Waals surface area contributed by atoms with Gasteiger partial charge in [-0.05, 0) is 49.8 Å². The van der Waals surface area contributed by atoms with Crippen molar-refractivity contribution in [3.05, 3.63) is 62.9 Å². The largest absolute Gasteiger partial charge is 0.478 e. The van der Waals surface area contributed by atoms with Gasteiger partial charge in [0.25, 0.3) is 5.56 Å². The third-order valence-corrected chi connectivity index (χ3v) is 6.93. The Morgan fingerprint density at radius 3 is 2.67 bits per heavy atom. The molecule has 1 aliphatic carbocycles.